The van der Waals surface area contributed by atoms with E-state index in [9.17, 15) is 0 Å². The van der Waals surface area contributed by atoms with Crippen LogP contribution in [0.5, 0.6) is 0 Å². The summed E-state index contributed by atoms with van der Waals surface area (Å²) >= 11 is 0. The Morgan fingerprint density at radius 3 is 2.11 bits per heavy atom. The van der Waals surface area contributed by atoms with Gasteiger partial charge in [-0.1, -0.05) is 33.1 Å². The van der Waals surface area contributed by atoms with Gasteiger partial charge in [0.2, 0.25) is 0 Å². The first kappa shape index (κ1) is 17.0. The van der Waals surface area contributed by atoms with Crippen LogP contribution in [0.3, 0.4) is 0 Å². The summed E-state index contributed by atoms with van der Waals surface area (Å²) in [5, 5.41) is 3.85. The highest BCUT2D eigenvalue weighted by Gasteiger charge is 2.38. The van der Waals surface area contributed by atoms with Crippen LogP contribution in [0, 0.1) is 11.8 Å². The van der Waals surface area contributed by atoms with Gasteiger partial charge in [0.1, 0.15) is 0 Å². The zero-order valence-electron chi connectivity index (χ0n) is 14.1. The van der Waals surface area contributed by atoms with E-state index in [2.05, 4.69) is 52.0 Å². The molecule has 1 N–H and O–H groups in total. The summed E-state index contributed by atoms with van der Waals surface area (Å²) in [7, 11) is 4.44. The van der Waals surface area contributed by atoms with Gasteiger partial charge < -0.3 is 10.2 Å². The van der Waals surface area contributed by atoms with Crippen molar-refractivity contribution in [2.24, 2.45) is 11.8 Å². The van der Waals surface area contributed by atoms with Crippen molar-refractivity contribution in [2.45, 2.75) is 77.8 Å². The molecule has 19 heavy (non-hydrogen) atoms. The Balaban J connectivity index is 2.69. The minimum absolute atomic E-state index is 0.235. The van der Waals surface area contributed by atoms with Gasteiger partial charge >= 0.3 is 0 Å². The van der Waals surface area contributed by atoms with Gasteiger partial charge in [-0.05, 0) is 65.6 Å². The lowest BCUT2D eigenvalue weighted by molar-refractivity contribution is 0.0789. The lowest BCUT2D eigenvalue weighted by Gasteiger charge is -2.46. The van der Waals surface area contributed by atoms with Gasteiger partial charge in [-0.2, -0.15) is 0 Å². The number of nitrogens with one attached hydrogen (secondary N) is 1. The van der Waals surface area contributed by atoms with Crippen molar-refractivity contribution in [3.05, 3.63) is 0 Å². The first-order valence-corrected chi connectivity index (χ1v) is 8.34. The Kier molecular flexibility index (Phi) is 6.82. The molecule has 1 saturated carbocycles. The Morgan fingerprint density at radius 1 is 1.11 bits per heavy atom. The zero-order valence-corrected chi connectivity index (χ0v) is 14.1. The summed E-state index contributed by atoms with van der Waals surface area (Å²) < 4.78 is 0. The molecule has 1 rings (SSSR count). The molecule has 0 bridgehead atoms. The third-order valence-electron chi connectivity index (χ3n) is 5.47. The SMILES string of the molecule is CCCNC(C1CCC(CC)CC1)C(C)(C)N(C)C. The van der Waals surface area contributed by atoms with Crippen LogP contribution in [-0.2, 0) is 0 Å². The number of rotatable bonds is 7. The van der Waals surface area contributed by atoms with Crippen molar-refractivity contribution in [3.8, 4) is 0 Å². The Morgan fingerprint density at radius 2 is 1.68 bits per heavy atom. The van der Waals surface area contributed by atoms with Crippen molar-refractivity contribution in [1.82, 2.24) is 10.2 Å². The predicted molar refractivity (Wildman–Crippen MR) is 85.6 cm³/mol. The second-order valence-corrected chi connectivity index (χ2v) is 7.17. The third-order valence-corrected chi connectivity index (χ3v) is 5.47. The molecule has 1 atom stereocenters. The van der Waals surface area contributed by atoms with Gasteiger partial charge in [-0.3, -0.25) is 0 Å². The Hall–Kier alpha value is -0.0800. The fourth-order valence-corrected chi connectivity index (χ4v) is 3.50. The quantitative estimate of drug-likeness (QED) is 0.753. The largest absolute Gasteiger partial charge is 0.312 e. The fourth-order valence-electron chi connectivity index (χ4n) is 3.50. The summed E-state index contributed by atoms with van der Waals surface area (Å²) in [4.78, 5) is 2.40. The molecule has 0 radical (unpaired) electrons. The van der Waals surface area contributed by atoms with E-state index in [1.807, 2.05) is 0 Å². The van der Waals surface area contributed by atoms with Crippen molar-refractivity contribution in [2.75, 3.05) is 20.6 Å². The molecule has 0 amide bonds. The van der Waals surface area contributed by atoms with E-state index in [-0.39, 0.29) is 5.54 Å². The van der Waals surface area contributed by atoms with E-state index >= 15 is 0 Å². The van der Waals surface area contributed by atoms with Gasteiger partial charge in [0.05, 0.1) is 0 Å². The maximum Gasteiger partial charge on any atom is 0.0302 e. The molecule has 114 valence electrons. The minimum atomic E-state index is 0.235. The molecular formula is C17H36N2. The first-order valence-electron chi connectivity index (χ1n) is 8.34. The van der Waals surface area contributed by atoms with Gasteiger partial charge in [-0.25, -0.2) is 0 Å². The van der Waals surface area contributed by atoms with Crippen molar-refractivity contribution < 1.29 is 0 Å². The molecule has 2 heteroatoms. The van der Waals surface area contributed by atoms with Gasteiger partial charge in [-0.15, -0.1) is 0 Å². The second-order valence-electron chi connectivity index (χ2n) is 7.17. The topological polar surface area (TPSA) is 15.3 Å². The summed E-state index contributed by atoms with van der Waals surface area (Å²) in [5.74, 6) is 1.84. The second kappa shape index (κ2) is 7.64. The van der Waals surface area contributed by atoms with Gasteiger partial charge in [0.15, 0.2) is 0 Å². The van der Waals surface area contributed by atoms with Crippen molar-refractivity contribution >= 4 is 0 Å². The highest BCUT2D eigenvalue weighted by molar-refractivity contribution is 4.96. The third kappa shape index (κ3) is 4.46. The van der Waals surface area contributed by atoms with Gasteiger partial charge in [0.25, 0.3) is 0 Å². The van der Waals surface area contributed by atoms with Crippen LogP contribution in [-0.4, -0.2) is 37.1 Å². The van der Waals surface area contributed by atoms with Gasteiger partial charge in [0, 0.05) is 11.6 Å². The van der Waals surface area contributed by atoms with Crippen LogP contribution >= 0.6 is 0 Å². The standard InChI is InChI=1S/C17H36N2/c1-7-13-18-16(17(3,4)19(5)6)15-11-9-14(8-2)10-12-15/h14-16,18H,7-13H2,1-6H3. The molecule has 0 aromatic rings. The van der Waals surface area contributed by atoms with Crippen LogP contribution in [0.2, 0.25) is 0 Å². The van der Waals surface area contributed by atoms with Crippen molar-refractivity contribution in [1.29, 1.82) is 0 Å². The van der Waals surface area contributed by atoms with Crippen LogP contribution in [0.25, 0.3) is 0 Å². The number of nitrogens with zero attached hydrogens (tertiary/aromatic N) is 1. The average Bonchev–Trinajstić information content (AvgIpc) is 2.39. The van der Waals surface area contributed by atoms with E-state index in [0.717, 1.165) is 18.4 Å². The summed E-state index contributed by atoms with van der Waals surface area (Å²) in [6, 6.07) is 0.625. The minimum Gasteiger partial charge on any atom is -0.312 e. The Labute approximate surface area is 121 Å². The summed E-state index contributed by atoms with van der Waals surface area (Å²) in [5.41, 5.74) is 0.235. The number of hydrogen-bond donors (Lipinski definition) is 1. The first-order chi connectivity index (χ1) is 8.93. The molecule has 0 spiro atoms. The van der Waals surface area contributed by atoms with Crippen LogP contribution in [0.1, 0.15) is 66.2 Å². The number of hydrogen-bond acceptors (Lipinski definition) is 2. The summed E-state index contributed by atoms with van der Waals surface area (Å²) in [6.45, 7) is 10.6. The number of likely N-dealkylation sites (N-methyl/N-ethyl adjacent to an activating group) is 1. The maximum atomic E-state index is 3.85. The molecule has 1 aliphatic rings. The maximum absolute atomic E-state index is 3.85. The van der Waals surface area contributed by atoms with Crippen LogP contribution < -0.4 is 5.32 Å². The van der Waals surface area contributed by atoms with E-state index < -0.39 is 0 Å². The van der Waals surface area contributed by atoms with E-state index in [0.29, 0.717) is 6.04 Å². The molecule has 0 aromatic heterocycles. The molecule has 1 aliphatic carbocycles. The molecule has 0 aromatic carbocycles. The normalized spacial score (nSPS) is 26.7. The lowest BCUT2D eigenvalue weighted by atomic mass is 9.72. The zero-order chi connectivity index (χ0) is 14.5. The molecular weight excluding hydrogens is 232 g/mol. The summed E-state index contributed by atoms with van der Waals surface area (Å²) in [6.07, 6.45) is 8.30. The monoisotopic (exact) mass is 268 g/mol. The molecule has 0 aliphatic heterocycles. The fraction of sp³-hybridized carbons (Fsp3) is 1.00. The smallest absolute Gasteiger partial charge is 0.0302 e. The Bertz CT molecular complexity index is 240. The molecule has 1 fully saturated rings. The highest BCUT2D eigenvalue weighted by atomic mass is 15.2. The van der Waals surface area contributed by atoms with E-state index in [4.69, 9.17) is 0 Å². The molecule has 2 nitrogen and oxygen atoms in total. The van der Waals surface area contributed by atoms with Crippen molar-refractivity contribution in [3.63, 3.8) is 0 Å². The van der Waals surface area contributed by atoms with E-state index in [1.165, 1.54) is 38.5 Å². The van der Waals surface area contributed by atoms with Crippen LogP contribution in [0.15, 0.2) is 0 Å². The highest BCUT2D eigenvalue weighted by Crippen LogP contribution is 2.36. The predicted octanol–water partition coefficient (Wildman–Crippen LogP) is 3.91. The van der Waals surface area contributed by atoms with E-state index in [1.54, 1.807) is 0 Å². The molecule has 0 saturated heterocycles. The average molecular weight is 268 g/mol. The van der Waals surface area contributed by atoms with Crippen LogP contribution in [0.4, 0.5) is 0 Å². The molecule has 1 unspecified atom stereocenters. The molecule has 0 heterocycles. The lowest BCUT2D eigenvalue weighted by Crippen LogP contribution is -2.59.